The largest absolute Gasteiger partial charge is 0.493 e. The Kier molecular flexibility index (Phi) is 7.89. The number of rotatable bonds is 8. The first kappa shape index (κ1) is 21.3. The molecule has 0 aliphatic heterocycles. The average Bonchev–Trinajstić information content (AvgIpc) is 2.70. The van der Waals surface area contributed by atoms with E-state index in [2.05, 4.69) is 5.32 Å². The molecule has 0 saturated heterocycles. The average molecular weight is 404 g/mol. The molecule has 0 aliphatic rings. The van der Waals surface area contributed by atoms with Crippen LogP contribution in [-0.4, -0.2) is 32.7 Å². The third-order valence-electron chi connectivity index (χ3n) is 3.90. The van der Waals surface area contributed by atoms with E-state index >= 15 is 0 Å². The van der Waals surface area contributed by atoms with Crippen LogP contribution >= 0.6 is 11.6 Å². The van der Waals surface area contributed by atoms with Gasteiger partial charge in [0.1, 0.15) is 0 Å². The Morgan fingerprint density at radius 3 is 2.57 bits per heavy atom. The number of amides is 1. The smallest absolute Gasteiger partial charge is 0.331 e. The monoisotopic (exact) mass is 403 g/mol. The van der Waals surface area contributed by atoms with Crippen LogP contribution in [0, 0.1) is 0 Å². The molecule has 0 fully saturated rings. The van der Waals surface area contributed by atoms with Crippen LogP contribution < -0.4 is 14.8 Å². The Bertz CT molecular complexity index is 866. The second-order valence-electron chi connectivity index (χ2n) is 5.87. The van der Waals surface area contributed by atoms with Gasteiger partial charge in [0.05, 0.1) is 20.3 Å². The lowest BCUT2D eigenvalue weighted by atomic mass is 10.1. The Morgan fingerprint density at radius 2 is 1.89 bits per heavy atom. The molecular formula is C21H22ClNO5. The van der Waals surface area contributed by atoms with Crippen molar-refractivity contribution in [3.05, 3.63) is 64.7 Å². The quantitative estimate of drug-likeness (QED) is 0.536. The van der Waals surface area contributed by atoms with Crippen LogP contribution in [0.1, 0.15) is 24.1 Å². The highest BCUT2D eigenvalue weighted by atomic mass is 35.5. The lowest BCUT2D eigenvalue weighted by molar-refractivity contribution is -0.144. The summed E-state index contributed by atoms with van der Waals surface area (Å²) >= 11 is 5.95. The van der Waals surface area contributed by atoms with Crippen molar-refractivity contribution in [1.29, 1.82) is 0 Å². The van der Waals surface area contributed by atoms with Crippen molar-refractivity contribution in [2.75, 3.05) is 20.8 Å². The Hall–Kier alpha value is -2.99. The highest BCUT2D eigenvalue weighted by Crippen LogP contribution is 2.31. The Balaban J connectivity index is 1.88. The number of hydrogen-bond acceptors (Lipinski definition) is 5. The summed E-state index contributed by atoms with van der Waals surface area (Å²) in [6, 6.07) is 12.2. The van der Waals surface area contributed by atoms with Gasteiger partial charge in [0.25, 0.3) is 5.91 Å². The predicted octanol–water partition coefficient (Wildman–Crippen LogP) is 3.79. The van der Waals surface area contributed by atoms with Gasteiger partial charge in [-0.15, -0.1) is 0 Å². The van der Waals surface area contributed by atoms with Crippen molar-refractivity contribution in [1.82, 2.24) is 5.32 Å². The summed E-state index contributed by atoms with van der Waals surface area (Å²) in [5.74, 6) is -0.00171. The normalized spacial score (nSPS) is 11.7. The van der Waals surface area contributed by atoms with Crippen molar-refractivity contribution in [3.8, 4) is 11.5 Å². The fourth-order valence-corrected chi connectivity index (χ4v) is 2.73. The number of halogens is 1. The summed E-state index contributed by atoms with van der Waals surface area (Å²) in [5.41, 5.74) is 1.51. The van der Waals surface area contributed by atoms with Crippen molar-refractivity contribution in [2.45, 2.75) is 13.0 Å². The van der Waals surface area contributed by atoms with E-state index in [1.54, 1.807) is 36.4 Å². The zero-order valence-corrected chi connectivity index (χ0v) is 16.7. The van der Waals surface area contributed by atoms with E-state index in [9.17, 15) is 9.59 Å². The van der Waals surface area contributed by atoms with E-state index in [0.717, 1.165) is 5.56 Å². The van der Waals surface area contributed by atoms with Crippen LogP contribution in [0.2, 0.25) is 5.02 Å². The first-order valence-corrected chi connectivity index (χ1v) is 8.93. The maximum Gasteiger partial charge on any atom is 0.331 e. The molecule has 28 heavy (non-hydrogen) atoms. The zero-order chi connectivity index (χ0) is 20.5. The summed E-state index contributed by atoms with van der Waals surface area (Å²) < 4.78 is 15.5. The number of carbonyl (C=O) groups excluding carboxylic acids is 2. The fourth-order valence-electron chi connectivity index (χ4n) is 2.53. The van der Waals surface area contributed by atoms with Crippen LogP contribution in [0.15, 0.2) is 48.5 Å². The van der Waals surface area contributed by atoms with Crippen molar-refractivity contribution in [2.24, 2.45) is 0 Å². The van der Waals surface area contributed by atoms with Crippen molar-refractivity contribution < 1.29 is 23.8 Å². The van der Waals surface area contributed by atoms with Crippen molar-refractivity contribution in [3.63, 3.8) is 0 Å². The molecule has 0 bridgehead atoms. The Morgan fingerprint density at radius 1 is 1.14 bits per heavy atom. The number of para-hydroxylation sites is 1. The first-order chi connectivity index (χ1) is 13.4. The molecule has 1 atom stereocenters. The van der Waals surface area contributed by atoms with Crippen LogP contribution in [0.3, 0.4) is 0 Å². The van der Waals surface area contributed by atoms with Gasteiger partial charge in [-0.25, -0.2) is 4.79 Å². The van der Waals surface area contributed by atoms with Crippen molar-refractivity contribution >= 4 is 29.6 Å². The number of carbonyl (C=O) groups is 2. The molecule has 0 aromatic heterocycles. The third kappa shape index (κ3) is 6.03. The maximum absolute atomic E-state index is 12.0. The number of benzene rings is 2. The first-order valence-electron chi connectivity index (χ1n) is 8.55. The van der Waals surface area contributed by atoms with Gasteiger partial charge < -0.3 is 19.5 Å². The molecule has 2 aromatic rings. The van der Waals surface area contributed by atoms with Crippen LogP contribution in [0.5, 0.6) is 11.5 Å². The summed E-state index contributed by atoms with van der Waals surface area (Å²) in [6.07, 6.45) is 2.77. The standard InChI is InChI=1S/C21H22ClNO5/c1-14(16-7-4-8-17(22)12-16)23-19(24)13-28-20(25)11-10-15-6-5-9-18(26-2)21(15)27-3/h4-12,14H,13H2,1-3H3,(H,23,24)/b11-10+/t14-/m1/s1. The van der Waals surface area contributed by atoms with E-state index in [0.29, 0.717) is 22.1 Å². The molecule has 148 valence electrons. The molecule has 6 nitrogen and oxygen atoms in total. The Labute approximate surface area is 169 Å². The molecule has 0 saturated carbocycles. The van der Waals surface area contributed by atoms with Gasteiger partial charge >= 0.3 is 5.97 Å². The lowest BCUT2D eigenvalue weighted by Crippen LogP contribution is -2.30. The molecule has 7 heteroatoms. The number of nitrogens with one attached hydrogen (secondary N) is 1. The number of methoxy groups -OCH3 is 2. The molecule has 2 rings (SSSR count). The lowest BCUT2D eigenvalue weighted by Gasteiger charge is -2.14. The van der Waals surface area contributed by atoms with Gasteiger partial charge in [-0.3, -0.25) is 4.79 Å². The topological polar surface area (TPSA) is 73.9 Å². The number of hydrogen-bond donors (Lipinski definition) is 1. The zero-order valence-electron chi connectivity index (χ0n) is 15.9. The second kappa shape index (κ2) is 10.4. The molecular weight excluding hydrogens is 382 g/mol. The highest BCUT2D eigenvalue weighted by Gasteiger charge is 2.12. The van der Waals surface area contributed by atoms with E-state index < -0.39 is 11.9 Å². The van der Waals surface area contributed by atoms with Crippen LogP contribution in [-0.2, 0) is 14.3 Å². The number of esters is 1. The predicted molar refractivity (Wildman–Crippen MR) is 108 cm³/mol. The van der Waals surface area contributed by atoms with Crippen LogP contribution in [0.25, 0.3) is 6.08 Å². The van der Waals surface area contributed by atoms with Crippen LogP contribution in [0.4, 0.5) is 0 Å². The molecule has 1 N–H and O–H groups in total. The summed E-state index contributed by atoms with van der Waals surface area (Å²) in [6.45, 7) is 1.43. The van der Waals surface area contributed by atoms with Gasteiger partial charge in [-0.2, -0.15) is 0 Å². The third-order valence-corrected chi connectivity index (χ3v) is 4.14. The maximum atomic E-state index is 12.0. The van der Waals surface area contributed by atoms with E-state index in [4.69, 9.17) is 25.8 Å². The van der Waals surface area contributed by atoms with E-state index in [1.165, 1.54) is 26.4 Å². The molecule has 0 unspecified atom stereocenters. The van der Waals surface area contributed by atoms with Gasteiger partial charge in [-0.1, -0.05) is 35.9 Å². The molecule has 2 aromatic carbocycles. The minimum Gasteiger partial charge on any atom is -0.493 e. The van der Waals surface area contributed by atoms with Gasteiger partial charge in [0.15, 0.2) is 18.1 Å². The molecule has 0 aliphatic carbocycles. The molecule has 0 heterocycles. The van der Waals surface area contributed by atoms with Gasteiger partial charge in [0.2, 0.25) is 0 Å². The molecule has 0 spiro atoms. The van der Waals surface area contributed by atoms with Gasteiger partial charge in [0, 0.05) is 16.7 Å². The second-order valence-corrected chi connectivity index (χ2v) is 6.30. The highest BCUT2D eigenvalue weighted by molar-refractivity contribution is 6.30. The minimum atomic E-state index is -0.643. The minimum absolute atomic E-state index is 0.263. The molecule has 1 amide bonds. The fraction of sp³-hybridized carbons (Fsp3) is 0.238. The summed E-state index contributed by atoms with van der Waals surface area (Å²) in [7, 11) is 3.04. The SMILES string of the molecule is COc1cccc(/C=C/C(=O)OCC(=O)N[C@H](C)c2cccc(Cl)c2)c1OC. The van der Waals surface area contributed by atoms with E-state index in [1.807, 2.05) is 13.0 Å². The van der Waals surface area contributed by atoms with Gasteiger partial charge in [-0.05, 0) is 36.8 Å². The summed E-state index contributed by atoms with van der Waals surface area (Å²) in [4.78, 5) is 23.9. The van der Waals surface area contributed by atoms with E-state index in [-0.39, 0.29) is 12.6 Å². The number of ether oxygens (including phenoxy) is 3. The summed E-state index contributed by atoms with van der Waals surface area (Å²) in [5, 5.41) is 3.34. The molecule has 0 radical (unpaired) electrons.